The zero-order valence-electron chi connectivity index (χ0n) is 18.2. The van der Waals surface area contributed by atoms with Crippen molar-refractivity contribution in [3.63, 3.8) is 0 Å². The molecule has 7 nitrogen and oxygen atoms in total. The van der Waals surface area contributed by atoms with Crippen molar-refractivity contribution in [2.75, 3.05) is 35.5 Å². The lowest BCUT2D eigenvalue weighted by atomic mass is 9.95. The van der Waals surface area contributed by atoms with Crippen LogP contribution in [0, 0.1) is 0 Å². The molecule has 1 amide bonds. The number of amides is 1. The van der Waals surface area contributed by atoms with E-state index >= 15 is 0 Å². The van der Waals surface area contributed by atoms with Crippen LogP contribution in [0.5, 0.6) is 23.0 Å². The monoisotopic (exact) mass is 403 g/mol. The van der Waals surface area contributed by atoms with Gasteiger partial charge in [-0.3, -0.25) is 9.59 Å². The lowest BCUT2D eigenvalue weighted by Gasteiger charge is -2.24. The molecule has 1 aliphatic carbocycles. The van der Waals surface area contributed by atoms with Crippen molar-refractivity contribution in [1.29, 1.82) is 0 Å². The summed E-state index contributed by atoms with van der Waals surface area (Å²) >= 11 is 0. The predicted octanol–water partition coefficient (Wildman–Crippen LogP) is 2.82. The quantitative estimate of drug-likeness (QED) is 0.715. The highest BCUT2D eigenvalue weighted by Crippen LogP contribution is 2.50. The van der Waals surface area contributed by atoms with Gasteiger partial charge in [-0.15, -0.1) is 0 Å². The minimum absolute atomic E-state index is 0.183. The Morgan fingerprint density at radius 1 is 1.03 bits per heavy atom. The molecule has 0 unspecified atom stereocenters. The number of hydrogen-bond donors (Lipinski definition) is 0. The van der Waals surface area contributed by atoms with Gasteiger partial charge in [-0.25, -0.2) is 0 Å². The molecule has 0 aliphatic heterocycles. The first-order valence-corrected chi connectivity index (χ1v) is 9.15. The summed E-state index contributed by atoms with van der Waals surface area (Å²) in [4.78, 5) is 25.9. The average molecular weight is 403 g/mol. The molecule has 0 radical (unpaired) electrons. The molecule has 2 aromatic rings. The maximum atomic E-state index is 12.7. The van der Waals surface area contributed by atoms with E-state index in [1.54, 1.807) is 33.4 Å². The number of hydrogen-bond acceptors (Lipinski definition) is 6. The lowest BCUT2D eigenvalue weighted by molar-refractivity contribution is -0.119. The van der Waals surface area contributed by atoms with E-state index in [9.17, 15) is 9.59 Å². The molecule has 3 rings (SSSR count). The fourth-order valence-electron chi connectivity index (χ4n) is 3.91. The molecule has 0 aromatic heterocycles. The fraction of sp³-hybridized carbons (Fsp3) is 0.364. The predicted molar refractivity (Wildman–Crippen MR) is 109 cm³/mol. The summed E-state index contributed by atoms with van der Waals surface area (Å²) in [6.07, 6.45) is 0.272. The number of nitrogens with zero attached hydrogens (tertiary/aromatic N) is 1. The Labute approximate surface area is 171 Å². The summed E-state index contributed by atoms with van der Waals surface area (Å²) < 4.78 is 29.6. The average Bonchev–Trinajstić information content (AvgIpc) is 2.99. The smallest absolute Gasteiger partial charge is 0.220 e. The van der Waals surface area contributed by atoms with Crippen molar-refractivity contribution >= 4 is 6.39 Å². The van der Waals surface area contributed by atoms with Crippen LogP contribution in [0.2, 0.25) is 0 Å². The first-order chi connectivity index (χ1) is 14.4. The Morgan fingerprint density at radius 2 is 1.72 bits per heavy atom. The topological polar surface area (TPSA) is 74.3 Å². The van der Waals surface area contributed by atoms with Crippen molar-refractivity contribution in [1.82, 2.24) is 4.90 Å². The molecule has 0 heterocycles. The Morgan fingerprint density at radius 3 is 2.31 bits per heavy atom. The first-order valence-electron chi connectivity index (χ1n) is 9.65. The molecular formula is C22H25NO6. The van der Waals surface area contributed by atoms with Crippen LogP contribution < -0.4 is 24.4 Å². The summed E-state index contributed by atoms with van der Waals surface area (Å²) in [6.45, 7) is 0. The van der Waals surface area contributed by atoms with E-state index < -0.39 is 12.4 Å². The maximum absolute atomic E-state index is 12.7. The van der Waals surface area contributed by atoms with Crippen LogP contribution in [0.4, 0.5) is 0 Å². The summed E-state index contributed by atoms with van der Waals surface area (Å²) in [5, 5.41) is 0. The minimum atomic E-state index is -0.829. The number of carbonyl (C=O) groups is 1. The number of methoxy groups -OCH3 is 4. The van der Waals surface area contributed by atoms with Gasteiger partial charge in [0.05, 0.1) is 34.5 Å². The second-order valence-electron chi connectivity index (χ2n) is 6.72. The molecule has 0 spiro atoms. The minimum Gasteiger partial charge on any atom is -0.493 e. The molecule has 0 bridgehead atoms. The van der Waals surface area contributed by atoms with Crippen LogP contribution in [0.1, 0.15) is 25.0 Å². The summed E-state index contributed by atoms with van der Waals surface area (Å²) in [7, 11) is 7.62. The SMILES string of the molecule is [3H][14C](=O)N(C)[C@H]1CCc2cc(OC)c(OC)c(OC)c2-c2ccc(OC)c(=O)cc21. The van der Waals surface area contributed by atoms with Crippen LogP contribution in [-0.4, -0.2) is 46.8 Å². The number of fused-ring (bicyclic) bond motifs is 3. The Kier molecular flexibility index (Phi) is 5.55. The molecule has 2 aromatic carbocycles. The first kappa shape index (κ1) is 19.1. The van der Waals surface area contributed by atoms with Crippen LogP contribution in [0.3, 0.4) is 0 Å². The highest BCUT2D eigenvalue weighted by atomic mass is 16.5. The van der Waals surface area contributed by atoms with E-state index in [-0.39, 0.29) is 11.2 Å². The van der Waals surface area contributed by atoms with Crippen LogP contribution >= 0.6 is 0 Å². The number of carbonyl (C=O) groups excluding carboxylic acids is 1. The standard InChI is InChI=1S/C22H25NO6/c1-23(12-24)16-8-6-13-10-19(27-3)21(28-4)22(29-5)20(13)14-7-9-18(26-2)17(25)11-15(14)16/h7,9-12,16H,6,8H2,1-5H3/t16-/m0/s1/i12+2T. The van der Waals surface area contributed by atoms with E-state index in [0.29, 0.717) is 41.2 Å². The molecule has 29 heavy (non-hydrogen) atoms. The van der Waals surface area contributed by atoms with Crippen LogP contribution in [0.15, 0.2) is 29.1 Å². The fourth-order valence-corrected chi connectivity index (χ4v) is 3.91. The van der Waals surface area contributed by atoms with Crippen molar-refractivity contribution < 1.29 is 25.1 Å². The molecular weight excluding hydrogens is 376 g/mol. The molecule has 7 heteroatoms. The van der Waals surface area contributed by atoms with E-state index in [4.69, 9.17) is 20.3 Å². The van der Waals surface area contributed by atoms with Crippen LogP contribution in [0.25, 0.3) is 11.1 Å². The Balaban J connectivity index is 2.44. The number of benzene rings is 1. The third-order valence-corrected chi connectivity index (χ3v) is 5.30. The Hall–Kier alpha value is -3.22. The van der Waals surface area contributed by atoms with Gasteiger partial charge in [-0.05, 0) is 47.7 Å². The number of rotatable bonds is 5. The van der Waals surface area contributed by atoms with Gasteiger partial charge >= 0.3 is 0 Å². The van der Waals surface area contributed by atoms with Crippen LogP contribution in [-0.2, 0) is 11.2 Å². The van der Waals surface area contributed by atoms with Crippen molar-refractivity contribution in [2.24, 2.45) is 0 Å². The van der Waals surface area contributed by atoms with E-state index in [1.807, 2.05) is 6.07 Å². The molecule has 1 aliphatic rings. The third kappa shape index (κ3) is 3.48. The Bertz CT molecular complexity index is 1040. The largest absolute Gasteiger partial charge is 0.493 e. The second kappa shape index (κ2) is 8.43. The molecule has 1 atom stereocenters. The van der Waals surface area contributed by atoms with Gasteiger partial charge in [0.25, 0.3) is 0 Å². The molecule has 0 fully saturated rings. The van der Waals surface area contributed by atoms with E-state index in [0.717, 1.165) is 11.1 Å². The van der Waals surface area contributed by atoms with Gasteiger partial charge in [0.1, 0.15) is 1.37 Å². The van der Waals surface area contributed by atoms with Gasteiger partial charge in [0, 0.05) is 12.6 Å². The zero-order chi connectivity index (χ0) is 22.0. The van der Waals surface area contributed by atoms with Crippen molar-refractivity contribution in [3.8, 4) is 34.1 Å². The lowest BCUT2D eigenvalue weighted by Crippen LogP contribution is -2.23. The van der Waals surface area contributed by atoms with Gasteiger partial charge < -0.3 is 23.8 Å². The number of ether oxygens (including phenoxy) is 4. The highest BCUT2D eigenvalue weighted by Gasteiger charge is 2.30. The zero-order valence-corrected chi connectivity index (χ0v) is 17.2. The molecule has 0 N–H and O–H groups in total. The molecule has 154 valence electrons. The van der Waals surface area contributed by atoms with Gasteiger partial charge in [-0.1, -0.05) is 6.07 Å². The second-order valence-corrected chi connectivity index (χ2v) is 6.72. The summed E-state index contributed by atoms with van der Waals surface area (Å²) in [6, 6.07) is 6.27. The maximum Gasteiger partial charge on any atom is 0.220 e. The summed E-state index contributed by atoms with van der Waals surface area (Å²) in [5.41, 5.74) is 2.71. The highest BCUT2D eigenvalue weighted by molar-refractivity contribution is 5.82. The van der Waals surface area contributed by atoms with Crippen molar-refractivity contribution in [2.45, 2.75) is 18.9 Å². The van der Waals surface area contributed by atoms with Gasteiger partial charge in [-0.2, -0.15) is 0 Å². The normalized spacial score (nSPS) is 15.2. The number of aryl methyl sites for hydroxylation is 1. The van der Waals surface area contributed by atoms with Crippen molar-refractivity contribution in [3.05, 3.63) is 45.6 Å². The molecule has 0 saturated carbocycles. The van der Waals surface area contributed by atoms with E-state index in [1.165, 1.54) is 25.2 Å². The molecule has 0 saturated heterocycles. The van der Waals surface area contributed by atoms with Gasteiger partial charge in [0.15, 0.2) is 17.2 Å². The third-order valence-electron chi connectivity index (χ3n) is 5.30. The van der Waals surface area contributed by atoms with E-state index in [2.05, 4.69) is 0 Å². The summed E-state index contributed by atoms with van der Waals surface area (Å²) in [5.74, 6) is 1.63. The van der Waals surface area contributed by atoms with Gasteiger partial charge in [0.2, 0.25) is 17.6 Å².